The van der Waals surface area contributed by atoms with Gasteiger partial charge in [0, 0.05) is 24.0 Å². The first-order valence-corrected chi connectivity index (χ1v) is 5.96. The lowest BCUT2D eigenvalue weighted by Gasteiger charge is -2.00. The summed E-state index contributed by atoms with van der Waals surface area (Å²) in [5, 5.41) is 4.16. The van der Waals surface area contributed by atoms with Crippen molar-refractivity contribution in [3.05, 3.63) is 48.4 Å². The maximum Gasteiger partial charge on any atom is 0.250 e. The van der Waals surface area contributed by atoms with Crippen LogP contribution in [0.3, 0.4) is 0 Å². The molecule has 6 heteroatoms. The predicted molar refractivity (Wildman–Crippen MR) is 73.5 cm³/mol. The molecule has 0 atom stereocenters. The minimum Gasteiger partial charge on any atom is -0.481 e. The Bertz CT molecular complexity index is 795. The second-order valence-electron chi connectivity index (χ2n) is 4.29. The minimum atomic E-state index is -0.492. The summed E-state index contributed by atoms with van der Waals surface area (Å²) in [6.45, 7) is 0. The van der Waals surface area contributed by atoms with E-state index in [4.69, 9.17) is 10.5 Å². The molecule has 3 aromatic rings. The van der Waals surface area contributed by atoms with Crippen LogP contribution in [0.5, 0.6) is 5.88 Å². The molecule has 0 aliphatic rings. The van der Waals surface area contributed by atoms with Gasteiger partial charge in [-0.3, -0.25) is 4.79 Å². The van der Waals surface area contributed by atoms with E-state index >= 15 is 0 Å². The number of amides is 1. The van der Waals surface area contributed by atoms with Gasteiger partial charge in [-0.2, -0.15) is 5.10 Å². The van der Waals surface area contributed by atoms with Crippen LogP contribution in [-0.4, -0.2) is 27.6 Å². The normalized spacial score (nSPS) is 10.7. The van der Waals surface area contributed by atoms with E-state index in [1.165, 1.54) is 6.20 Å². The topological polar surface area (TPSA) is 82.5 Å². The Morgan fingerprint density at radius 2 is 2.15 bits per heavy atom. The lowest BCUT2D eigenvalue weighted by atomic mass is 10.1. The molecule has 20 heavy (non-hydrogen) atoms. The van der Waals surface area contributed by atoms with Gasteiger partial charge in [0.1, 0.15) is 0 Å². The Balaban J connectivity index is 2.10. The van der Waals surface area contributed by atoms with Crippen LogP contribution in [0.4, 0.5) is 0 Å². The van der Waals surface area contributed by atoms with Gasteiger partial charge in [0.05, 0.1) is 24.4 Å². The molecule has 3 rings (SSSR count). The van der Waals surface area contributed by atoms with Gasteiger partial charge >= 0.3 is 0 Å². The Hall–Kier alpha value is -2.89. The Morgan fingerprint density at radius 1 is 1.30 bits per heavy atom. The Labute approximate surface area is 114 Å². The zero-order valence-corrected chi connectivity index (χ0v) is 10.8. The van der Waals surface area contributed by atoms with Gasteiger partial charge in [0.2, 0.25) is 11.8 Å². The van der Waals surface area contributed by atoms with Crippen LogP contribution in [0.15, 0.2) is 42.9 Å². The number of carbonyl (C=O) groups excluding carboxylic acids is 1. The Kier molecular flexibility index (Phi) is 2.83. The average Bonchev–Trinajstić information content (AvgIpc) is 2.90. The lowest BCUT2D eigenvalue weighted by molar-refractivity contribution is 0.1000. The van der Waals surface area contributed by atoms with Crippen LogP contribution in [0, 0.1) is 0 Å². The fourth-order valence-electron chi connectivity index (χ4n) is 1.99. The molecule has 0 aliphatic heterocycles. The van der Waals surface area contributed by atoms with Crippen molar-refractivity contribution in [3.8, 4) is 17.0 Å². The van der Waals surface area contributed by atoms with Crippen molar-refractivity contribution in [3.63, 3.8) is 0 Å². The zero-order chi connectivity index (χ0) is 14.1. The third-order valence-electron chi connectivity index (χ3n) is 3.02. The van der Waals surface area contributed by atoms with Gasteiger partial charge in [-0.15, -0.1) is 0 Å². The third kappa shape index (κ3) is 2.07. The molecule has 0 fully saturated rings. The molecule has 0 unspecified atom stereocenters. The number of fused-ring (bicyclic) bond motifs is 1. The van der Waals surface area contributed by atoms with E-state index in [-0.39, 0.29) is 0 Å². The molecule has 2 N–H and O–H groups in total. The SMILES string of the molecule is COc1cc(-c2cc3cc(C(N)=O)cnn3c2)ccn1. The van der Waals surface area contributed by atoms with Crippen LogP contribution in [-0.2, 0) is 0 Å². The van der Waals surface area contributed by atoms with Crippen LogP contribution in [0.2, 0.25) is 0 Å². The molecule has 0 aliphatic carbocycles. The molecule has 0 spiro atoms. The van der Waals surface area contributed by atoms with Gasteiger partial charge in [-0.25, -0.2) is 9.50 Å². The summed E-state index contributed by atoms with van der Waals surface area (Å²) in [6.07, 6.45) is 5.00. The van der Waals surface area contributed by atoms with Crippen molar-refractivity contribution in [1.29, 1.82) is 0 Å². The number of carbonyl (C=O) groups is 1. The minimum absolute atomic E-state index is 0.384. The predicted octanol–water partition coefficient (Wildman–Crippen LogP) is 1.50. The monoisotopic (exact) mass is 268 g/mol. The van der Waals surface area contributed by atoms with Crippen molar-refractivity contribution in [1.82, 2.24) is 14.6 Å². The molecule has 3 aromatic heterocycles. The fraction of sp³-hybridized carbons (Fsp3) is 0.0714. The number of aromatic nitrogens is 3. The summed E-state index contributed by atoms with van der Waals surface area (Å²) in [5.41, 5.74) is 8.35. The summed E-state index contributed by atoms with van der Waals surface area (Å²) in [4.78, 5) is 15.2. The number of hydrogen-bond donors (Lipinski definition) is 1. The number of nitrogens with two attached hydrogens (primary N) is 1. The first kappa shape index (κ1) is 12.2. The summed E-state index contributed by atoms with van der Waals surface area (Å²) < 4.78 is 6.80. The number of hydrogen-bond acceptors (Lipinski definition) is 4. The fourth-order valence-corrected chi connectivity index (χ4v) is 1.99. The number of primary amides is 1. The van der Waals surface area contributed by atoms with Crippen molar-refractivity contribution >= 4 is 11.4 Å². The van der Waals surface area contributed by atoms with Gasteiger partial charge in [-0.05, 0) is 23.8 Å². The second-order valence-corrected chi connectivity index (χ2v) is 4.29. The molecule has 0 saturated heterocycles. The van der Waals surface area contributed by atoms with E-state index in [9.17, 15) is 4.79 Å². The molecule has 0 saturated carbocycles. The van der Waals surface area contributed by atoms with Crippen LogP contribution in [0.25, 0.3) is 16.6 Å². The second kappa shape index (κ2) is 4.65. The van der Waals surface area contributed by atoms with Gasteiger partial charge in [0.15, 0.2) is 0 Å². The largest absolute Gasteiger partial charge is 0.481 e. The van der Waals surface area contributed by atoms with E-state index in [0.29, 0.717) is 11.4 Å². The maximum atomic E-state index is 11.2. The highest BCUT2D eigenvalue weighted by Gasteiger charge is 2.07. The van der Waals surface area contributed by atoms with Gasteiger partial charge in [-0.1, -0.05) is 0 Å². The van der Waals surface area contributed by atoms with Gasteiger partial charge in [0.25, 0.3) is 0 Å². The highest BCUT2D eigenvalue weighted by atomic mass is 16.5. The number of pyridine rings is 1. The van der Waals surface area contributed by atoms with E-state index < -0.39 is 5.91 Å². The molecule has 0 radical (unpaired) electrons. The summed E-state index contributed by atoms with van der Waals surface area (Å²) in [7, 11) is 1.57. The van der Waals surface area contributed by atoms with Gasteiger partial charge < -0.3 is 10.5 Å². The highest BCUT2D eigenvalue weighted by Crippen LogP contribution is 2.24. The number of ether oxygens (including phenoxy) is 1. The van der Waals surface area contributed by atoms with E-state index in [2.05, 4.69) is 10.1 Å². The summed E-state index contributed by atoms with van der Waals surface area (Å²) in [5.74, 6) is 0.0527. The van der Waals surface area contributed by atoms with Crippen molar-refractivity contribution in [2.75, 3.05) is 7.11 Å². The Morgan fingerprint density at radius 3 is 2.90 bits per heavy atom. The molecule has 0 aromatic carbocycles. The maximum absolute atomic E-state index is 11.2. The first-order valence-electron chi connectivity index (χ1n) is 5.96. The number of rotatable bonds is 3. The van der Waals surface area contributed by atoms with Crippen LogP contribution < -0.4 is 10.5 Å². The molecule has 3 heterocycles. The number of methoxy groups -OCH3 is 1. The summed E-state index contributed by atoms with van der Waals surface area (Å²) in [6, 6.07) is 7.35. The van der Waals surface area contributed by atoms with Crippen molar-refractivity contribution in [2.24, 2.45) is 5.73 Å². The molecule has 1 amide bonds. The van der Waals surface area contributed by atoms with E-state index in [1.807, 2.05) is 24.4 Å². The first-order chi connectivity index (χ1) is 9.67. The summed E-state index contributed by atoms with van der Waals surface area (Å²) >= 11 is 0. The molecule has 6 nitrogen and oxygen atoms in total. The van der Waals surface area contributed by atoms with Crippen molar-refractivity contribution < 1.29 is 9.53 Å². The highest BCUT2D eigenvalue weighted by molar-refractivity contribution is 5.93. The van der Waals surface area contributed by atoms with Crippen LogP contribution in [0.1, 0.15) is 10.4 Å². The molecular weight excluding hydrogens is 256 g/mol. The molecular formula is C14H12N4O2. The zero-order valence-electron chi connectivity index (χ0n) is 10.8. The smallest absolute Gasteiger partial charge is 0.250 e. The lowest BCUT2D eigenvalue weighted by Crippen LogP contribution is -2.11. The standard InChI is InChI=1S/C14H12N4O2/c1-20-13-6-9(2-3-16-13)11-5-12-4-10(14(15)19)7-17-18(12)8-11/h2-8H,1H3,(H2,15,19). The number of nitrogens with zero attached hydrogens (tertiary/aromatic N) is 3. The quantitative estimate of drug-likeness (QED) is 0.780. The molecule has 0 bridgehead atoms. The van der Waals surface area contributed by atoms with E-state index in [1.54, 1.807) is 23.9 Å². The average molecular weight is 268 g/mol. The van der Waals surface area contributed by atoms with Crippen LogP contribution >= 0.6 is 0 Å². The third-order valence-corrected chi connectivity index (χ3v) is 3.02. The van der Waals surface area contributed by atoms with Crippen molar-refractivity contribution in [2.45, 2.75) is 0 Å². The molecule has 100 valence electrons. The van der Waals surface area contributed by atoms with E-state index in [0.717, 1.165) is 16.6 Å².